The number of fused-ring (bicyclic) bond motifs is 3. The molecule has 1 aromatic carbocycles. The van der Waals surface area contributed by atoms with Gasteiger partial charge in [-0.05, 0) is 30.4 Å². The molecule has 4 rings (SSSR count). The molecule has 1 N–H and O–H groups in total. The minimum absolute atomic E-state index is 0.107. The molecule has 0 unspecified atom stereocenters. The summed E-state index contributed by atoms with van der Waals surface area (Å²) >= 11 is 0. The van der Waals surface area contributed by atoms with Crippen molar-refractivity contribution in [3.63, 3.8) is 0 Å². The van der Waals surface area contributed by atoms with E-state index < -0.39 is 0 Å². The van der Waals surface area contributed by atoms with Gasteiger partial charge in [-0.3, -0.25) is 4.79 Å². The smallest absolute Gasteiger partial charge is 0.268 e. The number of aromatic nitrogens is 1. The number of para-hydroxylation sites is 1. The number of rotatable bonds is 0. The van der Waals surface area contributed by atoms with Crippen molar-refractivity contribution in [2.75, 3.05) is 6.54 Å². The predicted molar refractivity (Wildman–Crippen MR) is 66.3 cm³/mol. The van der Waals surface area contributed by atoms with Gasteiger partial charge in [0.1, 0.15) is 5.69 Å². The molecular formula is C14H14N2O. The van der Waals surface area contributed by atoms with Gasteiger partial charge in [0.2, 0.25) is 0 Å². The molecule has 0 spiro atoms. The lowest BCUT2D eigenvalue weighted by Gasteiger charge is -2.19. The summed E-state index contributed by atoms with van der Waals surface area (Å²) < 4.78 is 2.23. The molecule has 3 heterocycles. The minimum Gasteiger partial charge on any atom is -0.350 e. The Morgan fingerprint density at radius 3 is 3.12 bits per heavy atom. The van der Waals surface area contributed by atoms with Gasteiger partial charge in [-0.15, -0.1) is 0 Å². The Balaban J connectivity index is 2.19. The zero-order valence-corrected chi connectivity index (χ0v) is 9.62. The predicted octanol–water partition coefficient (Wildman–Crippen LogP) is 1.87. The third-order valence-electron chi connectivity index (χ3n) is 3.97. The normalized spacial score (nSPS) is 18.0. The summed E-state index contributed by atoms with van der Waals surface area (Å²) in [5.74, 6) is 0.107. The standard InChI is InChI=1S/C14H14N2O/c17-14-13-11(6-7-15-14)10-5-1-3-9-4-2-8-16(13)12(9)10/h1,3,5H,2,4,6-8H2,(H,15,17). The Hall–Kier alpha value is -1.77. The lowest BCUT2D eigenvalue weighted by atomic mass is 10.0. The molecule has 0 saturated heterocycles. The van der Waals surface area contributed by atoms with E-state index >= 15 is 0 Å². The van der Waals surface area contributed by atoms with E-state index in [4.69, 9.17) is 0 Å². The van der Waals surface area contributed by atoms with Crippen LogP contribution in [0.2, 0.25) is 0 Å². The molecular weight excluding hydrogens is 212 g/mol. The second-order valence-corrected chi connectivity index (χ2v) is 4.90. The van der Waals surface area contributed by atoms with Crippen LogP contribution >= 0.6 is 0 Å². The number of nitrogens with one attached hydrogen (secondary N) is 1. The van der Waals surface area contributed by atoms with Crippen molar-refractivity contribution in [1.29, 1.82) is 0 Å². The van der Waals surface area contributed by atoms with Crippen LogP contribution < -0.4 is 5.32 Å². The molecule has 2 aromatic rings. The number of benzene rings is 1. The van der Waals surface area contributed by atoms with Crippen LogP contribution in [0.5, 0.6) is 0 Å². The molecule has 86 valence electrons. The summed E-state index contributed by atoms with van der Waals surface area (Å²) in [5.41, 5.74) is 4.88. The van der Waals surface area contributed by atoms with Gasteiger partial charge >= 0.3 is 0 Å². The third kappa shape index (κ3) is 1.09. The summed E-state index contributed by atoms with van der Waals surface area (Å²) in [6.07, 6.45) is 3.25. The van der Waals surface area contributed by atoms with Crippen LogP contribution in [0.4, 0.5) is 0 Å². The Bertz CT molecular complexity index is 639. The molecule has 0 saturated carbocycles. The van der Waals surface area contributed by atoms with Crippen molar-refractivity contribution >= 4 is 16.8 Å². The Kier molecular flexibility index (Phi) is 1.71. The van der Waals surface area contributed by atoms with Crippen LogP contribution in [0.1, 0.15) is 28.0 Å². The first-order valence-electron chi connectivity index (χ1n) is 6.27. The summed E-state index contributed by atoms with van der Waals surface area (Å²) in [7, 11) is 0. The monoisotopic (exact) mass is 226 g/mol. The van der Waals surface area contributed by atoms with E-state index in [-0.39, 0.29) is 5.91 Å². The summed E-state index contributed by atoms with van der Waals surface area (Å²) in [6, 6.07) is 6.49. The third-order valence-corrected chi connectivity index (χ3v) is 3.97. The van der Waals surface area contributed by atoms with Crippen LogP contribution in [-0.4, -0.2) is 17.0 Å². The van der Waals surface area contributed by atoms with Crippen molar-refractivity contribution in [2.45, 2.75) is 25.8 Å². The second-order valence-electron chi connectivity index (χ2n) is 4.90. The molecule has 1 aromatic heterocycles. The number of aryl methyl sites for hydroxylation is 2. The van der Waals surface area contributed by atoms with Gasteiger partial charge in [0, 0.05) is 18.5 Å². The van der Waals surface area contributed by atoms with E-state index in [1.165, 1.54) is 22.0 Å². The van der Waals surface area contributed by atoms with Crippen LogP contribution in [0.25, 0.3) is 10.9 Å². The molecule has 2 aliphatic rings. The largest absolute Gasteiger partial charge is 0.350 e. The van der Waals surface area contributed by atoms with Crippen molar-refractivity contribution in [3.05, 3.63) is 35.0 Å². The maximum atomic E-state index is 12.0. The maximum absolute atomic E-state index is 12.0. The van der Waals surface area contributed by atoms with E-state index in [9.17, 15) is 4.79 Å². The van der Waals surface area contributed by atoms with Crippen LogP contribution in [0.15, 0.2) is 18.2 Å². The fourth-order valence-electron chi connectivity index (χ4n) is 3.31. The Labute approximate surface area is 99.4 Å². The molecule has 0 radical (unpaired) electrons. The molecule has 17 heavy (non-hydrogen) atoms. The number of hydrogen-bond acceptors (Lipinski definition) is 1. The fraction of sp³-hybridized carbons (Fsp3) is 0.357. The van der Waals surface area contributed by atoms with E-state index in [1.54, 1.807) is 0 Å². The summed E-state index contributed by atoms with van der Waals surface area (Å²) in [4.78, 5) is 12.0. The molecule has 3 nitrogen and oxygen atoms in total. The number of carbonyl (C=O) groups is 1. The molecule has 0 atom stereocenters. The second kappa shape index (κ2) is 3.13. The fourth-order valence-corrected chi connectivity index (χ4v) is 3.31. The zero-order chi connectivity index (χ0) is 11.4. The first-order valence-corrected chi connectivity index (χ1v) is 6.27. The maximum Gasteiger partial charge on any atom is 0.268 e. The van der Waals surface area contributed by atoms with Gasteiger partial charge in [0.05, 0.1) is 5.52 Å². The van der Waals surface area contributed by atoms with Crippen molar-refractivity contribution in [2.24, 2.45) is 0 Å². The Morgan fingerprint density at radius 2 is 2.18 bits per heavy atom. The van der Waals surface area contributed by atoms with Gasteiger partial charge < -0.3 is 9.88 Å². The highest BCUT2D eigenvalue weighted by molar-refractivity contribution is 6.03. The van der Waals surface area contributed by atoms with E-state index in [1.807, 2.05) is 0 Å². The van der Waals surface area contributed by atoms with E-state index in [0.717, 1.165) is 38.0 Å². The number of amides is 1. The first-order chi connectivity index (χ1) is 8.36. The number of carbonyl (C=O) groups excluding carboxylic acids is 1. The molecule has 3 heteroatoms. The van der Waals surface area contributed by atoms with Crippen molar-refractivity contribution in [3.8, 4) is 0 Å². The molecule has 0 bridgehead atoms. The number of nitrogens with zero attached hydrogens (tertiary/aromatic N) is 1. The van der Waals surface area contributed by atoms with Gasteiger partial charge in [0.25, 0.3) is 5.91 Å². The average Bonchev–Trinajstić information content (AvgIpc) is 2.69. The topological polar surface area (TPSA) is 34.0 Å². The minimum atomic E-state index is 0.107. The van der Waals surface area contributed by atoms with Gasteiger partial charge in [0.15, 0.2) is 0 Å². The van der Waals surface area contributed by atoms with Crippen LogP contribution in [-0.2, 0) is 19.4 Å². The van der Waals surface area contributed by atoms with Crippen molar-refractivity contribution < 1.29 is 4.79 Å². The highest BCUT2D eigenvalue weighted by Gasteiger charge is 2.27. The molecule has 1 amide bonds. The highest BCUT2D eigenvalue weighted by atomic mass is 16.2. The Morgan fingerprint density at radius 1 is 1.24 bits per heavy atom. The summed E-state index contributed by atoms with van der Waals surface area (Å²) in [5, 5.41) is 4.26. The quantitative estimate of drug-likeness (QED) is 0.731. The van der Waals surface area contributed by atoms with Crippen LogP contribution in [0.3, 0.4) is 0 Å². The van der Waals surface area contributed by atoms with Gasteiger partial charge in [-0.25, -0.2) is 0 Å². The van der Waals surface area contributed by atoms with Gasteiger partial charge in [-0.1, -0.05) is 18.2 Å². The lowest BCUT2D eigenvalue weighted by molar-refractivity contribution is 0.0936. The highest BCUT2D eigenvalue weighted by Crippen LogP contribution is 2.34. The zero-order valence-electron chi connectivity index (χ0n) is 9.62. The van der Waals surface area contributed by atoms with Gasteiger partial charge in [-0.2, -0.15) is 0 Å². The molecule has 0 aliphatic carbocycles. The molecule has 0 fully saturated rings. The lowest BCUT2D eigenvalue weighted by Crippen LogP contribution is -2.33. The summed E-state index contributed by atoms with van der Waals surface area (Å²) in [6.45, 7) is 1.76. The molecule has 2 aliphatic heterocycles. The van der Waals surface area contributed by atoms with Crippen LogP contribution in [0, 0.1) is 0 Å². The van der Waals surface area contributed by atoms with E-state index in [0.29, 0.717) is 0 Å². The van der Waals surface area contributed by atoms with Crippen molar-refractivity contribution in [1.82, 2.24) is 9.88 Å². The average molecular weight is 226 g/mol. The first kappa shape index (κ1) is 9.28. The van der Waals surface area contributed by atoms with E-state index in [2.05, 4.69) is 28.1 Å². The number of hydrogen-bond donors (Lipinski definition) is 1. The SMILES string of the molecule is O=C1NCCc2c1n1c3c(cccc23)CCC1.